The number of rotatable bonds is 8. The first-order chi connectivity index (χ1) is 17.3. The number of aliphatic hydroxyl groups is 1. The molecule has 1 atom stereocenters. The maximum atomic E-state index is 13.1. The summed E-state index contributed by atoms with van der Waals surface area (Å²) >= 11 is 0. The van der Waals surface area contributed by atoms with Crippen LogP contribution in [0.5, 0.6) is 11.5 Å². The number of ether oxygens (including phenoxy) is 1. The number of phenolic OH excluding ortho intramolecular Hbond substituents is 1. The zero-order chi connectivity index (χ0) is 25.8. The number of aliphatic hydroxyl groups excluding tert-OH is 1. The van der Waals surface area contributed by atoms with Crippen LogP contribution >= 0.6 is 0 Å². The molecule has 0 unspecified atom stereocenters. The predicted molar refractivity (Wildman–Crippen MR) is 138 cm³/mol. The molecule has 0 aromatic heterocycles. The van der Waals surface area contributed by atoms with Crippen LogP contribution in [0.3, 0.4) is 0 Å². The summed E-state index contributed by atoms with van der Waals surface area (Å²) in [6, 6.07) is 20.3. The minimum Gasteiger partial charge on any atom is -0.508 e. The summed E-state index contributed by atoms with van der Waals surface area (Å²) in [5, 5.41) is 20.9. The van der Waals surface area contributed by atoms with Crippen LogP contribution in [0.4, 0.5) is 0 Å². The number of hydrogen-bond donors (Lipinski definition) is 2. The number of phenols is 1. The molecule has 1 saturated heterocycles. The lowest BCUT2D eigenvalue weighted by Gasteiger charge is -2.26. The van der Waals surface area contributed by atoms with E-state index in [9.17, 15) is 19.8 Å². The molecule has 3 aromatic rings. The zero-order valence-corrected chi connectivity index (χ0v) is 20.6. The summed E-state index contributed by atoms with van der Waals surface area (Å²) in [6.07, 6.45) is 0. The van der Waals surface area contributed by atoms with E-state index in [4.69, 9.17) is 4.74 Å². The third kappa shape index (κ3) is 5.26. The number of likely N-dealkylation sites (tertiary alicyclic amines) is 1. The van der Waals surface area contributed by atoms with Gasteiger partial charge in [0.15, 0.2) is 0 Å². The van der Waals surface area contributed by atoms with Crippen molar-refractivity contribution in [2.24, 2.45) is 0 Å². The molecule has 7 heteroatoms. The second kappa shape index (κ2) is 10.7. The molecule has 36 heavy (non-hydrogen) atoms. The number of hydrogen-bond acceptors (Lipinski definition) is 6. The second-order valence-corrected chi connectivity index (χ2v) is 9.13. The number of likely N-dealkylation sites (N-methyl/N-ethyl adjacent to an activating group) is 1. The molecule has 2 N–H and O–H groups in total. The Labute approximate surface area is 210 Å². The number of carbonyl (C=O) groups is 2. The molecule has 3 aromatic carbocycles. The van der Waals surface area contributed by atoms with Crippen molar-refractivity contribution in [1.29, 1.82) is 0 Å². The van der Waals surface area contributed by atoms with Crippen LogP contribution in [0.15, 0.2) is 78.4 Å². The summed E-state index contributed by atoms with van der Waals surface area (Å²) in [4.78, 5) is 29.4. The van der Waals surface area contributed by atoms with E-state index in [-0.39, 0.29) is 17.1 Å². The van der Waals surface area contributed by atoms with Crippen LogP contribution in [0.1, 0.15) is 28.3 Å². The molecule has 1 amide bonds. The van der Waals surface area contributed by atoms with Crippen LogP contribution in [0.25, 0.3) is 5.76 Å². The quantitative estimate of drug-likeness (QED) is 0.281. The Morgan fingerprint density at radius 3 is 2.28 bits per heavy atom. The zero-order valence-electron chi connectivity index (χ0n) is 20.6. The van der Waals surface area contributed by atoms with Crippen LogP contribution in [-0.2, 0) is 16.2 Å². The number of aryl methyl sites for hydroxylation is 1. The smallest absolute Gasteiger partial charge is 0.295 e. The van der Waals surface area contributed by atoms with Crippen molar-refractivity contribution in [3.8, 4) is 11.5 Å². The van der Waals surface area contributed by atoms with Crippen molar-refractivity contribution in [3.05, 3.63) is 101 Å². The minimum absolute atomic E-state index is 0.0259. The molecule has 1 fully saturated rings. The van der Waals surface area contributed by atoms with Crippen molar-refractivity contribution in [1.82, 2.24) is 9.80 Å². The van der Waals surface area contributed by atoms with E-state index in [1.165, 1.54) is 17.0 Å². The largest absolute Gasteiger partial charge is 0.508 e. The Hall–Kier alpha value is -4.10. The third-order valence-electron chi connectivity index (χ3n) is 6.32. The average Bonchev–Trinajstić information content (AvgIpc) is 3.12. The highest BCUT2D eigenvalue weighted by molar-refractivity contribution is 6.46. The normalized spacial score (nSPS) is 17.1. The van der Waals surface area contributed by atoms with E-state index in [1.54, 1.807) is 36.4 Å². The lowest BCUT2D eigenvalue weighted by molar-refractivity contribution is -0.140. The van der Waals surface area contributed by atoms with Crippen LogP contribution < -0.4 is 4.74 Å². The molecule has 0 aliphatic carbocycles. The summed E-state index contributed by atoms with van der Waals surface area (Å²) < 4.78 is 5.89. The van der Waals surface area contributed by atoms with E-state index in [1.807, 2.05) is 50.2 Å². The molecule has 0 spiro atoms. The van der Waals surface area contributed by atoms with Gasteiger partial charge in [0.1, 0.15) is 23.9 Å². The van der Waals surface area contributed by atoms with Gasteiger partial charge in [0.2, 0.25) is 0 Å². The van der Waals surface area contributed by atoms with E-state index in [0.717, 1.165) is 11.1 Å². The van der Waals surface area contributed by atoms with Crippen molar-refractivity contribution in [3.63, 3.8) is 0 Å². The molecule has 1 aliphatic heterocycles. The molecular formula is C29H30N2O5. The number of benzene rings is 3. The van der Waals surface area contributed by atoms with Crippen molar-refractivity contribution in [2.45, 2.75) is 19.6 Å². The molecule has 4 rings (SSSR count). The summed E-state index contributed by atoms with van der Waals surface area (Å²) in [7, 11) is 3.77. The fourth-order valence-electron chi connectivity index (χ4n) is 4.22. The number of carbonyl (C=O) groups excluding carboxylic acids is 2. The lowest BCUT2D eigenvalue weighted by atomic mass is 9.95. The molecule has 186 valence electrons. The van der Waals surface area contributed by atoms with Crippen molar-refractivity contribution >= 4 is 17.4 Å². The first kappa shape index (κ1) is 25.0. The molecule has 0 bridgehead atoms. The molecule has 1 aliphatic rings. The summed E-state index contributed by atoms with van der Waals surface area (Å²) in [5.41, 5.74) is 3.28. The van der Waals surface area contributed by atoms with Crippen molar-refractivity contribution in [2.75, 3.05) is 27.2 Å². The highest BCUT2D eigenvalue weighted by Gasteiger charge is 2.45. The highest BCUT2D eigenvalue weighted by Crippen LogP contribution is 2.39. The number of Topliss-reactive ketones (excluding diaryl/α,β-unsaturated/α-hetero) is 1. The Morgan fingerprint density at radius 2 is 1.64 bits per heavy atom. The summed E-state index contributed by atoms with van der Waals surface area (Å²) in [6.45, 7) is 3.30. The van der Waals surface area contributed by atoms with E-state index in [2.05, 4.69) is 0 Å². The molecule has 1 heterocycles. The number of nitrogens with zero attached hydrogens (tertiary/aromatic N) is 2. The Morgan fingerprint density at radius 1 is 0.972 bits per heavy atom. The maximum Gasteiger partial charge on any atom is 0.295 e. The SMILES string of the molecule is Cc1ccccc1COc1ccc(C(O)=C2C(=O)C(=O)N(CCN(C)C)[C@H]2c2ccc(O)cc2)cc1. The van der Waals surface area contributed by atoms with Gasteiger partial charge in [-0.2, -0.15) is 0 Å². The van der Waals surface area contributed by atoms with Gasteiger partial charge in [-0.15, -0.1) is 0 Å². The molecule has 0 radical (unpaired) electrons. The average molecular weight is 487 g/mol. The van der Waals surface area contributed by atoms with Gasteiger partial charge in [-0.3, -0.25) is 9.59 Å². The van der Waals surface area contributed by atoms with E-state index in [0.29, 0.717) is 36.6 Å². The van der Waals surface area contributed by atoms with Gasteiger partial charge >= 0.3 is 0 Å². The second-order valence-electron chi connectivity index (χ2n) is 9.13. The standard InChI is InChI=1S/C29H30N2O5/c1-19-6-4-5-7-22(19)18-36-24-14-10-21(11-15-24)27(33)25-26(20-8-12-23(32)13-9-20)31(17-16-30(2)3)29(35)28(25)34/h4-15,26,32-33H,16-18H2,1-3H3/t26-/m0/s1. The van der Waals surface area contributed by atoms with Gasteiger partial charge in [-0.25, -0.2) is 0 Å². The van der Waals surface area contributed by atoms with Crippen LogP contribution in [-0.4, -0.2) is 58.9 Å². The Bertz CT molecular complexity index is 1280. The highest BCUT2D eigenvalue weighted by atomic mass is 16.5. The fraction of sp³-hybridized carbons (Fsp3) is 0.241. The van der Waals surface area contributed by atoms with Gasteiger partial charge < -0.3 is 24.7 Å². The summed E-state index contributed by atoms with van der Waals surface area (Å²) in [5.74, 6) is -0.940. The van der Waals surface area contributed by atoms with E-state index >= 15 is 0 Å². The molecule has 7 nitrogen and oxygen atoms in total. The Balaban J connectivity index is 1.64. The van der Waals surface area contributed by atoms with Gasteiger partial charge in [0.05, 0.1) is 11.6 Å². The molecular weight excluding hydrogens is 456 g/mol. The topological polar surface area (TPSA) is 90.3 Å². The number of ketones is 1. The van der Waals surface area contributed by atoms with Crippen molar-refractivity contribution < 1.29 is 24.5 Å². The maximum absolute atomic E-state index is 13.1. The van der Waals surface area contributed by atoms with Gasteiger partial charge in [-0.1, -0.05) is 36.4 Å². The third-order valence-corrected chi connectivity index (χ3v) is 6.32. The fourth-order valence-corrected chi connectivity index (χ4v) is 4.22. The lowest BCUT2D eigenvalue weighted by Crippen LogP contribution is -2.35. The van der Waals surface area contributed by atoms with Crippen LogP contribution in [0, 0.1) is 6.92 Å². The predicted octanol–water partition coefficient (Wildman–Crippen LogP) is 4.26. The Kier molecular flexibility index (Phi) is 7.41. The number of amides is 1. The molecule has 0 saturated carbocycles. The van der Waals surface area contributed by atoms with Gasteiger partial charge in [0.25, 0.3) is 11.7 Å². The number of aromatic hydroxyl groups is 1. The monoisotopic (exact) mass is 486 g/mol. The van der Waals surface area contributed by atoms with E-state index < -0.39 is 17.7 Å². The first-order valence-corrected chi connectivity index (χ1v) is 11.8. The van der Waals surface area contributed by atoms with Gasteiger partial charge in [0, 0.05) is 18.7 Å². The first-order valence-electron chi connectivity index (χ1n) is 11.8. The minimum atomic E-state index is -0.762. The van der Waals surface area contributed by atoms with Crippen LogP contribution in [0.2, 0.25) is 0 Å². The van der Waals surface area contributed by atoms with Gasteiger partial charge in [-0.05, 0) is 74.1 Å².